The van der Waals surface area contributed by atoms with Crippen molar-refractivity contribution in [2.45, 2.75) is 18.5 Å². The van der Waals surface area contributed by atoms with Crippen LogP contribution in [0.15, 0.2) is 40.2 Å². The first-order chi connectivity index (χ1) is 6.36. The van der Waals surface area contributed by atoms with Gasteiger partial charge in [0, 0.05) is 0 Å². The fraction of sp³-hybridized carbons (Fsp3) is 0.273. The van der Waals surface area contributed by atoms with E-state index in [2.05, 4.69) is 49.2 Å². The zero-order valence-corrected chi connectivity index (χ0v) is 10.5. The Morgan fingerprint density at radius 2 is 2.08 bits per heavy atom. The van der Waals surface area contributed by atoms with Gasteiger partial charge >= 0.3 is 91.0 Å². The van der Waals surface area contributed by atoms with Crippen LogP contribution in [0.3, 0.4) is 0 Å². The Balaban J connectivity index is 2.43. The molecule has 1 aromatic rings. The van der Waals surface area contributed by atoms with E-state index in [-0.39, 0.29) is 0 Å². The molecule has 0 amide bonds. The number of benzene rings is 1. The summed E-state index contributed by atoms with van der Waals surface area (Å²) in [6, 6.07) is 10.6. The van der Waals surface area contributed by atoms with Gasteiger partial charge in [0.15, 0.2) is 0 Å². The summed E-state index contributed by atoms with van der Waals surface area (Å²) in [4.78, 5) is 0. The van der Waals surface area contributed by atoms with Crippen molar-refractivity contribution >= 4 is 26.7 Å². The van der Waals surface area contributed by atoms with Gasteiger partial charge in [0.2, 0.25) is 0 Å². The maximum atomic E-state index is 2.26. The van der Waals surface area contributed by atoms with Crippen LogP contribution >= 0.6 is 11.8 Å². The van der Waals surface area contributed by atoms with Crippen molar-refractivity contribution in [1.82, 2.24) is 0 Å². The van der Waals surface area contributed by atoms with Crippen molar-refractivity contribution < 1.29 is 0 Å². The van der Waals surface area contributed by atoms with E-state index in [9.17, 15) is 0 Å². The monoisotopic (exact) mass is 258 g/mol. The molecule has 0 radical (unpaired) electrons. The van der Waals surface area contributed by atoms with Gasteiger partial charge in [-0.2, -0.15) is 0 Å². The standard InChI is InChI=1S/C11H14SSe/c1-3-11(13-2)12-9-10-7-5-4-6-8-10/h3-8H,9H2,1-2H3/b11-3-. The Labute approximate surface area is 91.0 Å². The Kier molecular flexibility index (Phi) is 5.29. The van der Waals surface area contributed by atoms with Crippen molar-refractivity contribution in [3.63, 3.8) is 0 Å². The van der Waals surface area contributed by atoms with Crippen LogP contribution in [-0.2, 0) is 5.75 Å². The average Bonchev–Trinajstić information content (AvgIpc) is 2.21. The summed E-state index contributed by atoms with van der Waals surface area (Å²) in [5.41, 5.74) is 1.41. The van der Waals surface area contributed by atoms with E-state index in [1.54, 1.807) is 0 Å². The molecule has 2 heteroatoms. The number of hydrogen-bond acceptors (Lipinski definition) is 1. The van der Waals surface area contributed by atoms with Crippen LogP contribution in [0.2, 0.25) is 5.82 Å². The number of hydrogen-bond donors (Lipinski definition) is 0. The molecule has 0 nitrogen and oxygen atoms in total. The molecule has 1 rings (SSSR count). The van der Waals surface area contributed by atoms with Gasteiger partial charge in [-0.1, -0.05) is 0 Å². The summed E-state index contributed by atoms with van der Waals surface area (Å²) in [7, 11) is 0. The predicted molar refractivity (Wildman–Crippen MR) is 63.1 cm³/mol. The predicted octanol–water partition coefficient (Wildman–Crippen LogP) is 3.53. The first kappa shape index (κ1) is 10.9. The molecule has 0 heterocycles. The van der Waals surface area contributed by atoms with Crippen molar-refractivity contribution in [2.75, 3.05) is 0 Å². The maximum absolute atomic E-state index is 2.26. The first-order valence-corrected chi connectivity index (χ1v) is 7.79. The molecule has 0 saturated carbocycles. The summed E-state index contributed by atoms with van der Waals surface area (Å²) in [6.07, 6.45) is 2.23. The van der Waals surface area contributed by atoms with Crippen LogP contribution in [0.5, 0.6) is 0 Å². The van der Waals surface area contributed by atoms with Gasteiger partial charge in [-0.05, 0) is 0 Å². The molecular formula is C11H14SSe. The van der Waals surface area contributed by atoms with Crippen LogP contribution in [0, 0.1) is 0 Å². The molecule has 0 saturated heterocycles. The summed E-state index contributed by atoms with van der Waals surface area (Å²) in [6.45, 7) is 2.12. The molecule has 0 atom stereocenters. The third-order valence-corrected chi connectivity index (χ3v) is 5.61. The van der Waals surface area contributed by atoms with Gasteiger partial charge < -0.3 is 0 Å². The Bertz CT molecular complexity index is 267. The average molecular weight is 257 g/mol. The van der Waals surface area contributed by atoms with Crippen molar-refractivity contribution in [1.29, 1.82) is 0 Å². The third kappa shape index (κ3) is 4.04. The molecular weight excluding hydrogens is 243 g/mol. The van der Waals surface area contributed by atoms with Crippen LogP contribution in [0.25, 0.3) is 0 Å². The molecule has 13 heavy (non-hydrogen) atoms. The molecule has 0 bridgehead atoms. The minimum absolute atomic E-state index is 0.647. The molecule has 0 aliphatic heterocycles. The molecule has 0 aromatic heterocycles. The van der Waals surface area contributed by atoms with Crippen LogP contribution in [0.1, 0.15) is 12.5 Å². The molecule has 0 fully saturated rings. The van der Waals surface area contributed by atoms with Crippen molar-refractivity contribution in [3.8, 4) is 0 Å². The summed E-state index contributed by atoms with van der Waals surface area (Å²) in [5, 5.41) is 0. The molecule has 0 N–H and O–H groups in total. The zero-order chi connectivity index (χ0) is 9.52. The minimum atomic E-state index is 0.647. The Hall–Kier alpha value is -0.171. The number of allylic oxidation sites excluding steroid dienone is 1. The van der Waals surface area contributed by atoms with E-state index in [1.807, 2.05) is 11.8 Å². The van der Waals surface area contributed by atoms with E-state index in [0.717, 1.165) is 5.75 Å². The summed E-state index contributed by atoms with van der Waals surface area (Å²) in [5.74, 6) is 3.37. The van der Waals surface area contributed by atoms with Crippen LogP contribution < -0.4 is 0 Å². The second-order valence-corrected chi connectivity index (χ2v) is 5.97. The third-order valence-electron chi connectivity index (χ3n) is 1.66. The summed E-state index contributed by atoms with van der Waals surface area (Å²) >= 11 is 2.61. The molecule has 0 aliphatic rings. The van der Waals surface area contributed by atoms with Gasteiger partial charge in [0.1, 0.15) is 0 Å². The van der Waals surface area contributed by atoms with Crippen molar-refractivity contribution in [2.24, 2.45) is 0 Å². The van der Waals surface area contributed by atoms with E-state index in [0.29, 0.717) is 15.0 Å². The fourth-order valence-corrected chi connectivity index (χ4v) is 3.38. The second-order valence-electron chi connectivity index (χ2n) is 2.59. The SMILES string of the molecule is C/C=C(/SCc1ccccc1)[Se]C. The quantitative estimate of drug-likeness (QED) is 0.743. The Morgan fingerprint density at radius 1 is 1.38 bits per heavy atom. The van der Waals surface area contributed by atoms with Crippen molar-refractivity contribution in [3.05, 3.63) is 45.8 Å². The zero-order valence-electron chi connectivity index (χ0n) is 7.99. The topological polar surface area (TPSA) is 0 Å². The van der Waals surface area contributed by atoms with Gasteiger partial charge in [-0.3, -0.25) is 0 Å². The van der Waals surface area contributed by atoms with Gasteiger partial charge in [-0.25, -0.2) is 0 Å². The first-order valence-electron chi connectivity index (χ1n) is 4.24. The van der Waals surface area contributed by atoms with Gasteiger partial charge in [0.25, 0.3) is 0 Å². The Morgan fingerprint density at radius 3 is 2.62 bits per heavy atom. The molecule has 1 aromatic carbocycles. The van der Waals surface area contributed by atoms with Crippen LogP contribution in [-0.4, -0.2) is 15.0 Å². The van der Waals surface area contributed by atoms with E-state index in [4.69, 9.17) is 0 Å². The summed E-state index contributed by atoms with van der Waals surface area (Å²) < 4.78 is 1.54. The fourth-order valence-electron chi connectivity index (χ4n) is 0.989. The van der Waals surface area contributed by atoms with E-state index >= 15 is 0 Å². The van der Waals surface area contributed by atoms with Crippen LogP contribution in [0.4, 0.5) is 0 Å². The van der Waals surface area contributed by atoms with E-state index < -0.39 is 0 Å². The second kappa shape index (κ2) is 6.31. The van der Waals surface area contributed by atoms with Gasteiger partial charge in [-0.15, -0.1) is 0 Å². The molecule has 0 aliphatic carbocycles. The van der Waals surface area contributed by atoms with E-state index in [1.165, 1.54) is 9.37 Å². The molecule has 0 unspecified atom stereocenters. The molecule has 70 valence electrons. The normalized spacial score (nSPS) is 11.7. The number of thioether (sulfide) groups is 1. The molecule has 0 spiro atoms. The van der Waals surface area contributed by atoms with Gasteiger partial charge in [0.05, 0.1) is 0 Å². The number of rotatable bonds is 4.